The first-order chi connectivity index (χ1) is 24.4. The molecule has 0 saturated carbocycles. The number of anilines is 2. The number of primary sulfonamides is 2. The van der Waals surface area contributed by atoms with Gasteiger partial charge < -0.3 is 31.1 Å². The predicted octanol–water partition coefficient (Wildman–Crippen LogP) is 1.44. The summed E-state index contributed by atoms with van der Waals surface area (Å²) in [7, 11) is -8.10. The first kappa shape index (κ1) is 43.2. The van der Waals surface area contributed by atoms with Crippen molar-refractivity contribution in [2.24, 2.45) is 30.7 Å². The number of carbonyl (C=O) groups excluding carboxylic acids is 2. The minimum absolute atomic E-state index is 0. The standard InChI is InChI=1S/2C16H16N4O5S.Co/c2*1-10(21)15(16(23)18-11-5-3-2-4-6-11)20-19-13-9-12(26(17,24)25)7-8-14(13)22;/h2*2-9,21-22H,1H3,(H,18,23)(H2,17,24,25);/q;;+2/p-4/b15-10+,20-19+;15-10-,20-19+;. The minimum atomic E-state index is -4.05. The Kier molecular flexibility index (Phi) is 15.5. The van der Waals surface area contributed by atoms with Gasteiger partial charge in [-0.15, -0.1) is 21.7 Å². The number of nitrogens with two attached hydrogens (primary N) is 2. The van der Waals surface area contributed by atoms with E-state index < -0.39 is 66.3 Å². The number of nitrogens with zero attached hydrogens (tertiary/aromatic N) is 4. The molecule has 4 aromatic rings. The molecule has 0 atom stereocenters. The maximum Gasteiger partial charge on any atom is 2.00 e. The molecule has 4 aromatic carbocycles. The molecular weight excluding hydrogens is 779 g/mol. The van der Waals surface area contributed by atoms with Gasteiger partial charge in [0.25, 0.3) is 11.8 Å². The number of nitrogens with one attached hydrogen (secondary N) is 2. The number of amides is 2. The molecule has 0 aromatic heterocycles. The molecule has 4 rings (SSSR count). The van der Waals surface area contributed by atoms with Crippen molar-refractivity contribution in [3.8, 4) is 11.5 Å². The monoisotopic (exact) mass is 807 g/mol. The zero-order chi connectivity index (χ0) is 38.6. The first-order valence-corrected chi connectivity index (χ1v) is 17.5. The van der Waals surface area contributed by atoms with Gasteiger partial charge in [-0.3, -0.25) is 9.59 Å². The molecule has 279 valence electrons. The van der Waals surface area contributed by atoms with Crippen molar-refractivity contribution < 1.29 is 63.6 Å². The van der Waals surface area contributed by atoms with Crippen molar-refractivity contribution in [2.75, 3.05) is 10.6 Å². The van der Waals surface area contributed by atoms with E-state index in [4.69, 9.17) is 10.3 Å². The van der Waals surface area contributed by atoms with Crippen LogP contribution in [0.15, 0.2) is 150 Å². The van der Waals surface area contributed by atoms with Crippen molar-refractivity contribution in [1.82, 2.24) is 0 Å². The minimum Gasteiger partial charge on any atom is -0.874 e. The van der Waals surface area contributed by atoms with E-state index in [1.807, 2.05) is 0 Å². The largest absolute Gasteiger partial charge is 2.00 e. The SMILES string of the molecule is C/C([O-])=C(/N=N/c1cc(S(N)(=O)=O)ccc1[O-])C(=O)Nc1ccccc1.C/C([O-])=C(\N=N\c1cc(S(N)(=O)=O)ccc1[O-])C(=O)Nc1ccccc1.[Co+2]. The molecule has 0 bridgehead atoms. The van der Waals surface area contributed by atoms with Crippen LogP contribution in [-0.2, 0) is 46.4 Å². The zero-order valence-electron chi connectivity index (χ0n) is 27.4. The predicted molar refractivity (Wildman–Crippen MR) is 179 cm³/mol. The third-order valence-electron chi connectivity index (χ3n) is 6.19. The average Bonchev–Trinajstić information content (AvgIpc) is 3.06. The quantitative estimate of drug-likeness (QED) is 0.101. The van der Waals surface area contributed by atoms with Crippen LogP contribution in [0.4, 0.5) is 22.7 Å². The summed E-state index contributed by atoms with van der Waals surface area (Å²) < 4.78 is 45.3. The number of sulfonamides is 2. The van der Waals surface area contributed by atoms with Gasteiger partial charge in [-0.1, -0.05) is 73.9 Å². The molecular formula is C32H28CoN8O10S2-2. The Labute approximate surface area is 313 Å². The van der Waals surface area contributed by atoms with Gasteiger partial charge in [0.2, 0.25) is 20.0 Å². The van der Waals surface area contributed by atoms with Crippen molar-refractivity contribution >= 4 is 54.6 Å². The summed E-state index contributed by atoms with van der Waals surface area (Å²) in [6.45, 7) is 2.22. The van der Waals surface area contributed by atoms with E-state index in [0.29, 0.717) is 11.4 Å². The second-order valence-corrected chi connectivity index (χ2v) is 13.3. The Morgan fingerprint density at radius 2 is 0.906 bits per heavy atom. The van der Waals surface area contributed by atoms with Gasteiger partial charge in [-0.25, -0.2) is 27.1 Å². The van der Waals surface area contributed by atoms with Crippen LogP contribution in [0.25, 0.3) is 0 Å². The summed E-state index contributed by atoms with van der Waals surface area (Å²) in [5, 5.41) is 75.9. The zero-order valence-corrected chi connectivity index (χ0v) is 30.1. The van der Waals surface area contributed by atoms with Gasteiger partial charge >= 0.3 is 16.8 Å². The Bertz CT molecular complexity index is 2130. The molecule has 53 heavy (non-hydrogen) atoms. The van der Waals surface area contributed by atoms with Crippen LogP contribution in [0.1, 0.15) is 13.8 Å². The van der Waals surface area contributed by atoms with Gasteiger partial charge in [0.05, 0.1) is 21.2 Å². The smallest absolute Gasteiger partial charge is 0.874 e. The number of allylic oxidation sites excluding steroid dienone is 2. The van der Waals surface area contributed by atoms with Crippen LogP contribution in [0.2, 0.25) is 0 Å². The average molecular weight is 808 g/mol. The van der Waals surface area contributed by atoms with E-state index in [9.17, 15) is 46.9 Å². The topological polar surface area (TPSA) is 320 Å². The van der Waals surface area contributed by atoms with Crippen LogP contribution in [0, 0.1) is 0 Å². The van der Waals surface area contributed by atoms with Gasteiger partial charge in [-0.05, 0) is 48.5 Å². The molecule has 0 saturated heterocycles. The van der Waals surface area contributed by atoms with Crippen LogP contribution >= 0.6 is 0 Å². The Balaban J connectivity index is 0.000000360. The maximum atomic E-state index is 12.2. The fraction of sp³-hybridized carbons (Fsp3) is 0.0625. The molecule has 0 fully saturated rings. The van der Waals surface area contributed by atoms with Crippen molar-refractivity contribution in [1.29, 1.82) is 0 Å². The van der Waals surface area contributed by atoms with Crippen molar-refractivity contribution in [3.63, 3.8) is 0 Å². The van der Waals surface area contributed by atoms with Crippen molar-refractivity contribution in [3.05, 3.63) is 120 Å². The van der Waals surface area contributed by atoms with Gasteiger partial charge in [-0.2, -0.15) is 10.2 Å². The Morgan fingerprint density at radius 3 is 1.19 bits per heavy atom. The molecule has 18 nitrogen and oxygen atoms in total. The van der Waals surface area contributed by atoms with Crippen LogP contribution < -0.4 is 41.3 Å². The number of para-hydroxylation sites is 2. The summed E-state index contributed by atoms with van der Waals surface area (Å²) in [4.78, 5) is 23.7. The fourth-order valence-electron chi connectivity index (χ4n) is 3.69. The van der Waals surface area contributed by atoms with E-state index in [2.05, 4.69) is 31.1 Å². The molecule has 0 aliphatic heterocycles. The number of benzene rings is 4. The normalized spacial score (nSPS) is 12.5. The Morgan fingerprint density at radius 1 is 0.585 bits per heavy atom. The summed E-state index contributed by atoms with van der Waals surface area (Å²) in [5.41, 5.74) is -0.964. The summed E-state index contributed by atoms with van der Waals surface area (Å²) in [5.74, 6) is -4.29. The third kappa shape index (κ3) is 13.3. The molecule has 21 heteroatoms. The summed E-state index contributed by atoms with van der Waals surface area (Å²) in [6, 6.07) is 22.5. The second kappa shape index (κ2) is 19.0. The van der Waals surface area contributed by atoms with Crippen LogP contribution in [0.5, 0.6) is 11.5 Å². The molecule has 0 aliphatic carbocycles. The number of azo groups is 2. The Hall–Kier alpha value is -5.97. The number of carbonyl (C=O) groups is 2. The van der Waals surface area contributed by atoms with E-state index in [0.717, 1.165) is 50.2 Å². The fourth-order valence-corrected chi connectivity index (χ4v) is 4.75. The maximum absolute atomic E-state index is 12.2. The second-order valence-electron chi connectivity index (χ2n) is 10.2. The molecule has 1 radical (unpaired) electrons. The van der Waals surface area contributed by atoms with Crippen LogP contribution in [-0.4, -0.2) is 28.6 Å². The van der Waals surface area contributed by atoms with Gasteiger partial charge in [0, 0.05) is 11.4 Å². The van der Waals surface area contributed by atoms with Crippen molar-refractivity contribution in [2.45, 2.75) is 23.6 Å². The number of rotatable bonds is 10. The number of hydrogen-bond acceptors (Lipinski definition) is 14. The molecule has 0 spiro atoms. The van der Waals surface area contributed by atoms with E-state index in [-0.39, 0.29) is 37.9 Å². The summed E-state index contributed by atoms with van der Waals surface area (Å²) >= 11 is 0. The summed E-state index contributed by atoms with van der Waals surface area (Å²) in [6.07, 6.45) is 0. The van der Waals surface area contributed by atoms with Crippen LogP contribution in [0.3, 0.4) is 0 Å². The molecule has 2 amide bonds. The molecule has 6 N–H and O–H groups in total. The first-order valence-electron chi connectivity index (χ1n) is 14.4. The third-order valence-corrected chi connectivity index (χ3v) is 8.02. The van der Waals surface area contributed by atoms with Gasteiger partial charge in [0.1, 0.15) is 11.4 Å². The van der Waals surface area contributed by atoms with E-state index in [1.165, 1.54) is 0 Å². The number of hydrogen-bond donors (Lipinski definition) is 4. The van der Waals surface area contributed by atoms with Gasteiger partial charge in [0.15, 0.2) is 0 Å². The van der Waals surface area contributed by atoms with E-state index >= 15 is 0 Å². The molecule has 0 aliphatic rings. The van der Waals surface area contributed by atoms with E-state index in [1.54, 1.807) is 60.7 Å². The molecule has 0 unspecified atom stereocenters. The molecule has 0 heterocycles.